The Kier molecular flexibility index (Phi) is 13.2. The number of hydrogen-bond acceptors (Lipinski definition) is 10. The zero-order valence-electron chi connectivity index (χ0n) is 34.4. The van der Waals surface area contributed by atoms with Gasteiger partial charge in [-0.15, -0.1) is 0 Å². The minimum atomic E-state index is -0.904. The van der Waals surface area contributed by atoms with Crippen LogP contribution in [-0.4, -0.2) is 120 Å². The van der Waals surface area contributed by atoms with Crippen LogP contribution in [0.5, 0.6) is 0 Å². The predicted molar refractivity (Wildman–Crippen MR) is 215 cm³/mol. The summed E-state index contributed by atoms with van der Waals surface area (Å²) in [6.45, 7) is 8.46. The number of carbonyl (C=O) groups excluding carboxylic acids is 4. The number of aromatic nitrogens is 4. The zero-order valence-corrected chi connectivity index (χ0v) is 34.4. The highest BCUT2D eigenvalue weighted by Gasteiger charge is 2.40. The Balaban J connectivity index is 1.15. The summed E-state index contributed by atoms with van der Waals surface area (Å²) in [7, 11) is 5.52. The summed E-state index contributed by atoms with van der Waals surface area (Å²) in [5, 5.41) is 5.26. The van der Waals surface area contributed by atoms with E-state index in [0.29, 0.717) is 24.7 Å². The lowest BCUT2D eigenvalue weighted by Gasteiger charge is -2.30. The van der Waals surface area contributed by atoms with Gasteiger partial charge in [-0.25, -0.2) is 19.6 Å². The molecule has 4 heterocycles. The molecule has 2 aromatic carbocycles. The van der Waals surface area contributed by atoms with Crippen molar-refractivity contribution in [2.45, 2.75) is 89.8 Å². The molecule has 16 heteroatoms. The van der Waals surface area contributed by atoms with Crippen LogP contribution in [0.4, 0.5) is 9.59 Å². The molecule has 2 aliphatic heterocycles. The van der Waals surface area contributed by atoms with Crippen molar-refractivity contribution in [3.8, 4) is 33.6 Å². The highest BCUT2D eigenvalue weighted by molar-refractivity contribution is 5.87. The number of carbonyl (C=O) groups is 4. The first-order valence-electron chi connectivity index (χ1n) is 19.6. The van der Waals surface area contributed by atoms with Crippen LogP contribution in [0, 0.1) is 13.8 Å². The van der Waals surface area contributed by atoms with E-state index in [1.54, 1.807) is 23.6 Å². The second kappa shape index (κ2) is 18.2. The van der Waals surface area contributed by atoms with E-state index in [1.165, 1.54) is 28.4 Å². The molecule has 0 bridgehead atoms. The number of nitrogens with zero attached hydrogens (tertiary/aromatic N) is 4. The van der Waals surface area contributed by atoms with Gasteiger partial charge in [0.05, 0.1) is 55.6 Å². The van der Waals surface area contributed by atoms with Gasteiger partial charge in [-0.2, -0.15) is 0 Å². The third-order valence-corrected chi connectivity index (χ3v) is 11.3. The highest BCUT2D eigenvalue weighted by atomic mass is 16.5. The Morgan fingerprint density at radius 3 is 1.53 bits per heavy atom. The van der Waals surface area contributed by atoms with E-state index in [-0.39, 0.29) is 23.9 Å². The largest absolute Gasteiger partial charge is 0.453 e. The zero-order chi connectivity index (χ0) is 41.7. The van der Waals surface area contributed by atoms with Crippen LogP contribution < -0.4 is 10.6 Å². The number of methoxy groups -OCH3 is 4. The quantitative estimate of drug-likeness (QED) is 0.132. The summed E-state index contributed by atoms with van der Waals surface area (Å²) < 4.78 is 20.3. The van der Waals surface area contributed by atoms with Gasteiger partial charge in [0.25, 0.3) is 0 Å². The third kappa shape index (κ3) is 8.72. The maximum Gasteiger partial charge on any atom is 0.407 e. The first-order chi connectivity index (χ1) is 27.9. The van der Waals surface area contributed by atoms with Crippen molar-refractivity contribution >= 4 is 24.0 Å². The van der Waals surface area contributed by atoms with E-state index in [1.807, 2.05) is 26.0 Å². The maximum absolute atomic E-state index is 13.7. The molecule has 6 rings (SSSR count). The standard InChI is InChI=1S/C42H54N8O8/c1-23-33(45-37(43-23)31-11-9-21-49(31)39(51)35(25(3)55-5)47-41(53)57-7)29-17-13-27(14-18-29)28-15-19-30(20-16-28)34-24(2)44-38(46-34)32-12-10-22-50(32)40(52)36(26(4)56-6)48-42(54)58-8/h13-20,25-26,31-32,35-36H,9-12,21-22H2,1-8H3,(H,43,45)(H,44,46)(H,47,53)(H,48,54)/t25-,26+,31-,32-,35-,36-/m0/s1. The first-order valence-corrected chi connectivity index (χ1v) is 19.6. The average Bonchev–Trinajstić information content (AvgIpc) is 4.07. The van der Waals surface area contributed by atoms with Gasteiger partial charge >= 0.3 is 12.2 Å². The molecular formula is C42H54N8O8. The van der Waals surface area contributed by atoms with E-state index >= 15 is 0 Å². The average molecular weight is 799 g/mol. The molecule has 0 saturated carbocycles. The maximum atomic E-state index is 13.7. The molecule has 4 aromatic rings. The van der Waals surface area contributed by atoms with E-state index < -0.39 is 36.5 Å². The Hall–Kier alpha value is -5.74. The van der Waals surface area contributed by atoms with Gasteiger partial charge in [0.1, 0.15) is 23.7 Å². The molecule has 58 heavy (non-hydrogen) atoms. The van der Waals surface area contributed by atoms with Crippen LogP contribution in [0.15, 0.2) is 48.5 Å². The number of likely N-dealkylation sites (tertiary alicyclic amines) is 2. The number of nitrogens with one attached hydrogen (secondary N) is 4. The number of imidazole rings is 2. The second-order valence-electron chi connectivity index (χ2n) is 14.8. The van der Waals surface area contributed by atoms with Crippen molar-refractivity contribution in [1.82, 2.24) is 40.4 Å². The Labute approximate surface area is 338 Å². The Morgan fingerprint density at radius 2 is 1.09 bits per heavy atom. The van der Waals surface area contributed by atoms with Crippen LogP contribution in [0.2, 0.25) is 0 Å². The molecule has 2 saturated heterocycles. The number of aryl methyl sites for hydroxylation is 2. The van der Waals surface area contributed by atoms with Crippen molar-refractivity contribution in [3.63, 3.8) is 0 Å². The number of hydrogen-bond donors (Lipinski definition) is 4. The fourth-order valence-electron chi connectivity index (χ4n) is 7.88. The predicted octanol–water partition coefficient (Wildman–Crippen LogP) is 5.60. The Morgan fingerprint density at radius 1 is 0.655 bits per heavy atom. The molecule has 0 radical (unpaired) electrons. The lowest BCUT2D eigenvalue weighted by Crippen LogP contribution is -2.54. The first kappa shape index (κ1) is 41.9. The number of H-pyrrole nitrogens is 2. The van der Waals surface area contributed by atoms with Gasteiger partial charge < -0.3 is 49.3 Å². The molecule has 6 atom stereocenters. The molecular weight excluding hydrogens is 745 g/mol. The van der Waals surface area contributed by atoms with E-state index in [9.17, 15) is 19.2 Å². The monoisotopic (exact) mass is 798 g/mol. The van der Waals surface area contributed by atoms with E-state index in [0.717, 1.165) is 70.7 Å². The summed E-state index contributed by atoms with van der Waals surface area (Å²) in [5.74, 6) is 0.900. The van der Waals surface area contributed by atoms with Gasteiger partial charge in [-0.1, -0.05) is 48.5 Å². The molecule has 2 aromatic heterocycles. The van der Waals surface area contributed by atoms with Crippen molar-refractivity contribution in [3.05, 3.63) is 71.6 Å². The van der Waals surface area contributed by atoms with Gasteiger partial charge in [0, 0.05) is 38.6 Å². The molecule has 0 spiro atoms. The van der Waals surface area contributed by atoms with Crippen molar-refractivity contribution in [1.29, 1.82) is 0 Å². The SMILES string of the molecule is COC(=O)N[C@H](C(=O)N1CCC[C@H]1c1nc(C)c(-c2ccc(-c3ccc(-c4nc([C@@H]5CCCN5C(=O)[C@@H](NC(=O)OC)[C@@H](C)OC)[nH]c4C)cc3)cc2)[nH]1)[C@H](C)OC. The lowest BCUT2D eigenvalue weighted by atomic mass is 10.0. The van der Waals surface area contributed by atoms with Gasteiger partial charge in [0.2, 0.25) is 11.8 Å². The number of benzene rings is 2. The van der Waals surface area contributed by atoms with Crippen LogP contribution >= 0.6 is 0 Å². The molecule has 0 unspecified atom stereocenters. The van der Waals surface area contributed by atoms with Gasteiger partial charge in [0.15, 0.2) is 0 Å². The minimum Gasteiger partial charge on any atom is -0.453 e. The number of aromatic amines is 2. The minimum absolute atomic E-state index is 0.249. The summed E-state index contributed by atoms with van der Waals surface area (Å²) >= 11 is 0. The van der Waals surface area contributed by atoms with Crippen molar-refractivity contribution in [2.24, 2.45) is 0 Å². The summed E-state index contributed by atoms with van der Waals surface area (Å²) in [6.07, 6.45) is 0.573. The number of rotatable bonds is 13. The Bertz CT molecular complexity index is 1930. The topological polar surface area (TPSA) is 193 Å². The molecule has 2 aliphatic rings. The number of ether oxygens (including phenoxy) is 4. The van der Waals surface area contributed by atoms with E-state index in [2.05, 4.69) is 57.0 Å². The molecule has 310 valence electrons. The molecule has 16 nitrogen and oxygen atoms in total. The van der Waals surface area contributed by atoms with Crippen molar-refractivity contribution in [2.75, 3.05) is 41.5 Å². The highest BCUT2D eigenvalue weighted by Crippen LogP contribution is 2.36. The molecule has 4 amide bonds. The fourth-order valence-corrected chi connectivity index (χ4v) is 7.88. The number of amides is 4. The molecule has 4 N–H and O–H groups in total. The third-order valence-electron chi connectivity index (χ3n) is 11.3. The number of alkyl carbamates (subject to hydrolysis) is 2. The second-order valence-corrected chi connectivity index (χ2v) is 14.8. The van der Waals surface area contributed by atoms with Crippen LogP contribution in [0.1, 0.15) is 74.7 Å². The fraction of sp³-hybridized carbons (Fsp3) is 0.476. The summed E-state index contributed by atoms with van der Waals surface area (Å²) in [4.78, 5) is 71.8. The smallest absolute Gasteiger partial charge is 0.407 e. The van der Waals surface area contributed by atoms with Crippen LogP contribution in [0.25, 0.3) is 33.6 Å². The van der Waals surface area contributed by atoms with Gasteiger partial charge in [-0.05, 0) is 70.1 Å². The summed E-state index contributed by atoms with van der Waals surface area (Å²) in [6, 6.07) is 14.1. The lowest BCUT2D eigenvalue weighted by molar-refractivity contribution is -0.138. The van der Waals surface area contributed by atoms with E-state index in [4.69, 9.17) is 28.9 Å². The normalized spacial score (nSPS) is 18.7. The molecule has 0 aliphatic carbocycles. The van der Waals surface area contributed by atoms with Gasteiger partial charge in [-0.3, -0.25) is 9.59 Å². The van der Waals surface area contributed by atoms with Crippen LogP contribution in [0.3, 0.4) is 0 Å². The van der Waals surface area contributed by atoms with Crippen LogP contribution in [-0.2, 0) is 28.5 Å². The van der Waals surface area contributed by atoms with Crippen molar-refractivity contribution < 1.29 is 38.1 Å². The molecule has 2 fully saturated rings. The summed E-state index contributed by atoms with van der Waals surface area (Å²) in [5.41, 5.74) is 7.38.